The molecule has 0 saturated heterocycles. The van der Waals surface area contributed by atoms with E-state index in [2.05, 4.69) is 16.5 Å². The molecule has 0 aliphatic carbocycles. The van der Waals surface area contributed by atoms with Gasteiger partial charge >= 0.3 is 0 Å². The number of imidazole rings is 1. The molecule has 2 heterocycles. The van der Waals surface area contributed by atoms with E-state index in [1.807, 2.05) is 30.3 Å². The first kappa shape index (κ1) is 12.5. The Hall–Kier alpha value is -1.52. The van der Waals surface area contributed by atoms with Crippen LogP contribution >= 0.6 is 23.8 Å². The summed E-state index contributed by atoms with van der Waals surface area (Å²) in [6.07, 6.45) is 2.46. The average molecular weight is 293 g/mol. The highest BCUT2D eigenvalue weighted by Gasteiger charge is 2.14. The lowest BCUT2D eigenvalue weighted by Crippen LogP contribution is -2.08. The number of nitrogens with zero attached hydrogens (tertiary/aromatic N) is 1. The number of benzene rings is 1. The van der Waals surface area contributed by atoms with Gasteiger partial charge in [0.05, 0.1) is 22.3 Å². The van der Waals surface area contributed by atoms with Gasteiger partial charge in [-0.15, -0.1) is 0 Å². The van der Waals surface area contributed by atoms with Crippen LogP contribution in [0.15, 0.2) is 41.0 Å². The van der Waals surface area contributed by atoms with Gasteiger partial charge in [0.15, 0.2) is 4.77 Å². The number of fused-ring (bicyclic) bond motifs is 1. The molecule has 0 spiro atoms. The van der Waals surface area contributed by atoms with Crippen molar-refractivity contribution in [3.05, 3.63) is 52.1 Å². The molecule has 2 aromatic heterocycles. The van der Waals surface area contributed by atoms with Crippen LogP contribution in [0, 0.1) is 4.77 Å². The minimum atomic E-state index is 0.173. The Morgan fingerprint density at radius 1 is 1.37 bits per heavy atom. The minimum Gasteiger partial charge on any atom is -0.469 e. The zero-order chi connectivity index (χ0) is 13.4. The molecule has 0 radical (unpaired) electrons. The molecule has 0 fully saturated rings. The largest absolute Gasteiger partial charge is 0.469 e. The molecule has 3 nitrogen and oxygen atoms in total. The first-order valence-corrected chi connectivity index (χ1v) is 6.86. The van der Waals surface area contributed by atoms with Crippen LogP contribution in [-0.4, -0.2) is 9.55 Å². The van der Waals surface area contributed by atoms with Crippen LogP contribution in [0.3, 0.4) is 0 Å². The van der Waals surface area contributed by atoms with Crippen molar-refractivity contribution in [3.8, 4) is 0 Å². The fourth-order valence-electron chi connectivity index (χ4n) is 2.37. The highest BCUT2D eigenvalue weighted by molar-refractivity contribution is 7.71. The molecule has 3 aromatic rings. The monoisotopic (exact) mass is 292 g/mol. The standard InChI is InChI=1S/C14H13ClN2OS/c1-9(8-10-4-3-7-18-10)17-13-11(15)5-2-6-12(13)16-14(17)19/h2-7,9H,8H2,1H3,(H,16,19). The lowest BCUT2D eigenvalue weighted by Gasteiger charge is -2.13. The predicted molar refractivity (Wildman–Crippen MR) is 79.3 cm³/mol. The minimum absolute atomic E-state index is 0.173. The quantitative estimate of drug-likeness (QED) is 0.707. The Bertz CT molecular complexity index is 757. The normalized spacial score (nSPS) is 12.9. The Labute approximate surface area is 120 Å². The average Bonchev–Trinajstić information content (AvgIpc) is 2.96. The van der Waals surface area contributed by atoms with Gasteiger partial charge in [0.2, 0.25) is 0 Å². The number of hydrogen-bond acceptors (Lipinski definition) is 2. The van der Waals surface area contributed by atoms with Crippen LogP contribution in [0.2, 0.25) is 5.02 Å². The number of H-pyrrole nitrogens is 1. The van der Waals surface area contributed by atoms with E-state index >= 15 is 0 Å². The first-order chi connectivity index (χ1) is 9.16. The summed E-state index contributed by atoms with van der Waals surface area (Å²) in [5.74, 6) is 0.941. The number of aromatic amines is 1. The molecule has 0 bridgehead atoms. The molecule has 5 heteroatoms. The molecule has 1 aromatic carbocycles. The molecule has 0 aliphatic heterocycles. The summed E-state index contributed by atoms with van der Waals surface area (Å²) in [5.41, 5.74) is 1.91. The second-order valence-corrected chi connectivity index (χ2v) is 5.36. The molecule has 1 unspecified atom stereocenters. The summed E-state index contributed by atoms with van der Waals surface area (Å²) in [6, 6.07) is 9.81. The summed E-state index contributed by atoms with van der Waals surface area (Å²) in [6.45, 7) is 2.11. The van der Waals surface area contributed by atoms with Crippen molar-refractivity contribution in [2.75, 3.05) is 0 Å². The zero-order valence-corrected chi connectivity index (χ0v) is 12.0. The van der Waals surface area contributed by atoms with Gasteiger partial charge in [0.1, 0.15) is 5.76 Å². The SMILES string of the molecule is CC(Cc1ccco1)n1c(=S)[nH]c2cccc(Cl)c21. The van der Waals surface area contributed by atoms with Crippen LogP contribution < -0.4 is 0 Å². The maximum Gasteiger partial charge on any atom is 0.178 e. The number of halogens is 1. The van der Waals surface area contributed by atoms with Crippen molar-refractivity contribution in [2.24, 2.45) is 0 Å². The second-order valence-electron chi connectivity index (χ2n) is 4.57. The van der Waals surface area contributed by atoms with E-state index in [4.69, 9.17) is 28.2 Å². The number of rotatable bonds is 3. The van der Waals surface area contributed by atoms with E-state index in [9.17, 15) is 0 Å². The maximum absolute atomic E-state index is 6.29. The Balaban J connectivity index is 2.09. The molecule has 3 rings (SSSR count). The van der Waals surface area contributed by atoms with Crippen LogP contribution in [-0.2, 0) is 6.42 Å². The zero-order valence-electron chi connectivity index (χ0n) is 10.4. The van der Waals surface area contributed by atoms with Gasteiger partial charge in [-0.3, -0.25) is 0 Å². The molecule has 0 amide bonds. The number of nitrogens with one attached hydrogen (secondary N) is 1. The molecule has 1 atom stereocenters. The highest BCUT2D eigenvalue weighted by atomic mass is 35.5. The van der Waals surface area contributed by atoms with Gasteiger partial charge in [-0.05, 0) is 43.4 Å². The van der Waals surface area contributed by atoms with E-state index in [1.165, 1.54) is 0 Å². The fourth-order valence-corrected chi connectivity index (χ4v) is 3.02. The highest BCUT2D eigenvalue weighted by Crippen LogP contribution is 2.27. The fraction of sp³-hybridized carbons (Fsp3) is 0.214. The first-order valence-electron chi connectivity index (χ1n) is 6.08. The van der Waals surface area contributed by atoms with Crippen molar-refractivity contribution in [1.29, 1.82) is 0 Å². The van der Waals surface area contributed by atoms with Gasteiger partial charge in [-0.2, -0.15) is 0 Å². The second kappa shape index (κ2) is 4.87. The molecular weight excluding hydrogens is 280 g/mol. The molecule has 0 saturated carbocycles. The molecule has 1 N–H and O–H groups in total. The molecular formula is C14H13ClN2OS. The lowest BCUT2D eigenvalue weighted by atomic mass is 10.2. The Morgan fingerprint density at radius 2 is 2.21 bits per heavy atom. The summed E-state index contributed by atoms with van der Waals surface area (Å²) >= 11 is 11.7. The van der Waals surface area contributed by atoms with Gasteiger partial charge in [-0.25, -0.2) is 0 Å². The smallest absolute Gasteiger partial charge is 0.178 e. The van der Waals surface area contributed by atoms with Gasteiger partial charge in [0.25, 0.3) is 0 Å². The van der Waals surface area contributed by atoms with Gasteiger partial charge < -0.3 is 14.0 Å². The third kappa shape index (κ3) is 2.22. The van der Waals surface area contributed by atoms with E-state index in [0.29, 0.717) is 9.79 Å². The van der Waals surface area contributed by atoms with Crippen molar-refractivity contribution < 1.29 is 4.42 Å². The van der Waals surface area contributed by atoms with Gasteiger partial charge in [0, 0.05) is 12.5 Å². The van der Waals surface area contributed by atoms with E-state index in [-0.39, 0.29) is 6.04 Å². The summed E-state index contributed by atoms with van der Waals surface area (Å²) in [4.78, 5) is 3.19. The molecule has 19 heavy (non-hydrogen) atoms. The Morgan fingerprint density at radius 3 is 2.95 bits per heavy atom. The van der Waals surface area contributed by atoms with Crippen LogP contribution in [0.5, 0.6) is 0 Å². The third-order valence-electron chi connectivity index (χ3n) is 3.21. The summed E-state index contributed by atoms with van der Waals surface area (Å²) in [5, 5.41) is 0.705. The topological polar surface area (TPSA) is 33.9 Å². The maximum atomic E-state index is 6.29. The van der Waals surface area contributed by atoms with Gasteiger partial charge in [-0.1, -0.05) is 17.7 Å². The number of furan rings is 1. The molecule has 0 aliphatic rings. The van der Waals surface area contributed by atoms with Crippen LogP contribution in [0.25, 0.3) is 11.0 Å². The van der Waals surface area contributed by atoms with Crippen LogP contribution in [0.1, 0.15) is 18.7 Å². The van der Waals surface area contributed by atoms with E-state index in [0.717, 1.165) is 23.2 Å². The van der Waals surface area contributed by atoms with E-state index < -0.39 is 0 Å². The van der Waals surface area contributed by atoms with Crippen molar-refractivity contribution >= 4 is 34.9 Å². The predicted octanol–water partition coefficient (Wildman–Crippen LogP) is 4.75. The van der Waals surface area contributed by atoms with Crippen molar-refractivity contribution in [2.45, 2.75) is 19.4 Å². The number of hydrogen-bond donors (Lipinski definition) is 1. The summed E-state index contributed by atoms with van der Waals surface area (Å²) < 4.78 is 8.13. The van der Waals surface area contributed by atoms with Crippen molar-refractivity contribution in [1.82, 2.24) is 9.55 Å². The molecule has 98 valence electrons. The van der Waals surface area contributed by atoms with E-state index in [1.54, 1.807) is 6.26 Å². The lowest BCUT2D eigenvalue weighted by molar-refractivity contribution is 0.452. The number of para-hydroxylation sites is 1. The summed E-state index contributed by atoms with van der Waals surface area (Å²) in [7, 11) is 0. The van der Waals surface area contributed by atoms with Crippen LogP contribution in [0.4, 0.5) is 0 Å². The third-order valence-corrected chi connectivity index (χ3v) is 3.81. The number of aromatic nitrogens is 2. The van der Waals surface area contributed by atoms with Crippen molar-refractivity contribution in [3.63, 3.8) is 0 Å². The Kier molecular flexibility index (Phi) is 3.21.